The fraction of sp³-hybridized carbons (Fsp3) is 0.174. The molecule has 0 aliphatic carbocycles. The van der Waals surface area contributed by atoms with Gasteiger partial charge in [0, 0.05) is 37.8 Å². The molecule has 0 atom stereocenters. The van der Waals surface area contributed by atoms with Crippen LogP contribution in [0.15, 0.2) is 77.7 Å². The number of piperazine rings is 1. The van der Waals surface area contributed by atoms with Crippen LogP contribution in [0.3, 0.4) is 0 Å². The largest absolute Gasteiger partial charge is 0.362 e. The highest BCUT2D eigenvalue weighted by molar-refractivity contribution is 7.92. The lowest BCUT2D eigenvalue weighted by atomic mass is 10.1. The number of nitrogens with zero attached hydrogens (tertiary/aromatic N) is 3. The van der Waals surface area contributed by atoms with Crippen LogP contribution in [0.1, 0.15) is 10.4 Å². The molecule has 1 fully saturated rings. The number of nitro benzene ring substituents is 1. The molecule has 0 saturated carbocycles. The van der Waals surface area contributed by atoms with E-state index in [-0.39, 0.29) is 27.7 Å². The Kier molecular flexibility index (Phi) is 6.46. The van der Waals surface area contributed by atoms with Crippen molar-refractivity contribution < 1.29 is 22.5 Å². The fourth-order valence-electron chi connectivity index (χ4n) is 3.76. The van der Waals surface area contributed by atoms with Gasteiger partial charge in [0.15, 0.2) is 0 Å². The molecule has 9 nitrogen and oxygen atoms in total. The van der Waals surface area contributed by atoms with E-state index in [0.717, 1.165) is 6.07 Å². The molecule has 11 heteroatoms. The topological polar surface area (TPSA) is 113 Å². The van der Waals surface area contributed by atoms with E-state index in [2.05, 4.69) is 4.72 Å². The molecule has 34 heavy (non-hydrogen) atoms. The van der Waals surface area contributed by atoms with Gasteiger partial charge in [-0.2, -0.15) is 0 Å². The maximum absolute atomic E-state index is 13.9. The minimum absolute atomic E-state index is 0.00235. The number of hydrogen-bond donors (Lipinski definition) is 1. The van der Waals surface area contributed by atoms with Crippen LogP contribution in [-0.2, 0) is 10.0 Å². The summed E-state index contributed by atoms with van der Waals surface area (Å²) in [4.78, 5) is 27.2. The van der Waals surface area contributed by atoms with Gasteiger partial charge in [-0.3, -0.25) is 19.6 Å². The highest BCUT2D eigenvalue weighted by Gasteiger charge is 2.27. The van der Waals surface area contributed by atoms with Crippen LogP contribution in [0.4, 0.5) is 21.5 Å². The second-order valence-electron chi connectivity index (χ2n) is 7.64. The highest BCUT2D eigenvalue weighted by atomic mass is 32.2. The summed E-state index contributed by atoms with van der Waals surface area (Å²) in [6, 6.07) is 17.4. The van der Waals surface area contributed by atoms with Crippen LogP contribution in [0.25, 0.3) is 0 Å². The average Bonchev–Trinajstić information content (AvgIpc) is 2.85. The lowest BCUT2D eigenvalue weighted by Crippen LogP contribution is -2.49. The number of benzene rings is 3. The molecule has 1 N–H and O–H groups in total. The first kappa shape index (κ1) is 23.2. The molecule has 176 valence electrons. The van der Waals surface area contributed by atoms with Gasteiger partial charge >= 0.3 is 0 Å². The fourth-order valence-corrected chi connectivity index (χ4v) is 4.88. The Labute approximate surface area is 195 Å². The van der Waals surface area contributed by atoms with Crippen molar-refractivity contribution in [3.8, 4) is 0 Å². The molecule has 1 saturated heterocycles. The van der Waals surface area contributed by atoms with Gasteiger partial charge in [0.2, 0.25) is 0 Å². The van der Waals surface area contributed by atoms with Crippen molar-refractivity contribution in [3.63, 3.8) is 0 Å². The smallest absolute Gasteiger partial charge is 0.292 e. The summed E-state index contributed by atoms with van der Waals surface area (Å²) in [5, 5.41) is 11.3. The number of rotatable bonds is 6. The maximum atomic E-state index is 13.9. The summed E-state index contributed by atoms with van der Waals surface area (Å²) >= 11 is 0. The van der Waals surface area contributed by atoms with Crippen LogP contribution in [-0.4, -0.2) is 50.3 Å². The molecule has 3 aromatic rings. The molecule has 1 amide bonds. The molecule has 0 aromatic heterocycles. The second-order valence-corrected chi connectivity index (χ2v) is 9.32. The average molecular weight is 485 g/mol. The van der Waals surface area contributed by atoms with Gasteiger partial charge in [-0.25, -0.2) is 12.8 Å². The Morgan fingerprint density at radius 3 is 2.32 bits per heavy atom. The van der Waals surface area contributed by atoms with Crippen LogP contribution in [0, 0.1) is 15.9 Å². The van der Waals surface area contributed by atoms with E-state index in [1.54, 1.807) is 23.1 Å². The van der Waals surface area contributed by atoms with Gasteiger partial charge < -0.3 is 9.80 Å². The van der Waals surface area contributed by atoms with E-state index >= 15 is 0 Å². The number of hydrogen-bond acceptors (Lipinski definition) is 6. The van der Waals surface area contributed by atoms with Crippen molar-refractivity contribution in [2.24, 2.45) is 0 Å². The summed E-state index contributed by atoms with van der Waals surface area (Å²) in [7, 11) is -4.11. The van der Waals surface area contributed by atoms with Crippen molar-refractivity contribution in [2.45, 2.75) is 4.90 Å². The van der Waals surface area contributed by atoms with Crippen LogP contribution in [0.5, 0.6) is 0 Å². The molecule has 0 radical (unpaired) electrons. The van der Waals surface area contributed by atoms with E-state index in [4.69, 9.17) is 0 Å². The van der Waals surface area contributed by atoms with Crippen molar-refractivity contribution >= 4 is 33.0 Å². The summed E-state index contributed by atoms with van der Waals surface area (Å²) in [5.41, 5.74) is 0.482. The predicted octanol–water partition coefficient (Wildman–Crippen LogP) is 3.50. The summed E-state index contributed by atoms with van der Waals surface area (Å²) in [5.74, 6) is -1.07. The van der Waals surface area contributed by atoms with Gasteiger partial charge in [0.25, 0.3) is 21.6 Å². The van der Waals surface area contributed by atoms with Crippen LogP contribution >= 0.6 is 0 Å². The molecule has 4 rings (SSSR count). The number of nitrogens with one attached hydrogen (secondary N) is 1. The molecule has 1 heterocycles. The van der Waals surface area contributed by atoms with Crippen molar-refractivity contribution in [1.29, 1.82) is 0 Å². The quantitative estimate of drug-likeness (QED) is 0.423. The molecular weight excluding hydrogens is 463 g/mol. The predicted molar refractivity (Wildman–Crippen MR) is 125 cm³/mol. The number of anilines is 2. The minimum Gasteiger partial charge on any atom is -0.362 e. The Hall–Kier alpha value is -3.99. The van der Waals surface area contributed by atoms with Crippen LogP contribution < -0.4 is 9.62 Å². The van der Waals surface area contributed by atoms with Crippen molar-refractivity contribution in [2.75, 3.05) is 35.8 Å². The SMILES string of the molecule is O=C(c1cccc(S(=O)(=O)Nc2ccccc2F)c1)N1CCN(c2ccccc2[N+](=O)[O-])CC1. The first-order valence-electron chi connectivity index (χ1n) is 10.4. The van der Waals surface area contributed by atoms with Gasteiger partial charge in [0.05, 0.1) is 15.5 Å². The van der Waals surface area contributed by atoms with E-state index in [0.29, 0.717) is 31.9 Å². The number of amides is 1. The number of para-hydroxylation sites is 3. The Morgan fingerprint density at radius 2 is 1.62 bits per heavy atom. The second kappa shape index (κ2) is 9.48. The molecular formula is C23H21FN4O5S. The third-order valence-corrected chi connectivity index (χ3v) is 6.86. The van der Waals surface area contributed by atoms with E-state index in [9.17, 15) is 27.7 Å². The third-order valence-electron chi connectivity index (χ3n) is 5.50. The first-order valence-corrected chi connectivity index (χ1v) is 11.9. The lowest BCUT2D eigenvalue weighted by Gasteiger charge is -2.35. The molecule has 3 aromatic carbocycles. The molecule has 1 aliphatic heterocycles. The number of halogens is 1. The monoisotopic (exact) mass is 484 g/mol. The van der Waals surface area contributed by atoms with E-state index in [1.807, 2.05) is 4.90 Å². The normalized spacial score (nSPS) is 14.0. The summed E-state index contributed by atoms with van der Waals surface area (Å²) in [6.45, 7) is 1.41. The van der Waals surface area contributed by atoms with Crippen molar-refractivity contribution in [1.82, 2.24) is 4.90 Å². The van der Waals surface area contributed by atoms with E-state index < -0.39 is 20.8 Å². The standard InChI is InChI=1S/C23H21FN4O5S/c24-19-8-1-2-9-20(19)25-34(32,33)18-7-5-6-17(16-18)23(29)27-14-12-26(13-15-27)21-10-3-4-11-22(21)28(30)31/h1-11,16,25H,12-15H2. The Bertz CT molecular complexity index is 1340. The number of sulfonamides is 1. The summed E-state index contributed by atoms with van der Waals surface area (Å²) in [6.07, 6.45) is 0. The first-order chi connectivity index (χ1) is 16.3. The minimum atomic E-state index is -4.11. The van der Waals surface area contributed by atoms with E-state index in [1.165, 1.54) is 48.5 Å². The molecule has 0 bridgehead atoms. The van der Waals surface area contributed by atoms with Crippen LogP contribution in [0.2, 0.25) is 0 Å². The third kappa shape index (κ3) is 4.84. The molecule has 0 unspecified atom stereocenters. The van der Waals surface area contributed by atoms with Gasteiger partial charge in [0.1, 0.15) is 11.5 Å². The Balaban J connectivity index is 1.47. The Morgan fingerprint density at radius 1 is 0.941 bits per heavy atom. The highest BCUT2D eigenvalue weighted by Crippen LogP contribution is 2.28. The van der Waals surface area contributed by atoms with Gasteiger partial charge in [-0.15, -0.1) is 0 Å². The summed E-state index contributed by atoms with van der Waals surface area (Å²) < 4.78 is 41.5. The van der Waals surface area contributed by atoms with Crippen molar-refractivity contribution in [3.05, 3.63) is 94.3 Å². The molecule has 0 spiro atoms. The number of carbonyl (C=O) groups is 1. The van der Waals surface area contributed by atoms with Gasteiger partial charge in [-0.1, -0.05) is 30.3 Å². The zero-order valence-corrected chi connectivity index (χ0v) is 18.7. The zero-order valence-electron chi connectivity index (χ0n) is 17.9. The zero-order chi connectivity index (χ0) is 24.3. The number of carbonyl (C=O) groups excluding carboxylic acids is 1. The molecule has 1 aliphatic rings. The number of nitro groups is 1. The van der Waals surface area contributed by atoms with Gasteiger partial charge in [-0.05, 0) is 36.4 Å². The lowest BCUT2D eigenvalue weighted by molar-refractivity contribution is -0.384. The maximum Gasteiger partial charge on any atom is 0.292 e.